The molecule has 0 amide bonds. The second-order valence-electron chi connectivity index (χ2n) is 5.41. The van der Waals surface area contributed by atoms with E-state index in [0.717, 1.165) is 4.68 Å². The quantitative estimate of drug-likeness (QED) is 0.925. The molecule has 23 heavy (non-hydrogen) atoms. The number of anilines is 1. The summed E-state index contributed by atoms with van der Waals surface area (Å²) in [4.78, 5) is 25.1. The number of hydrogen-bond acceptors (Lipinski definition) is 4. The maximum atomic E-state index is 12.8. The number of aromatic nitrogens is 2. The van der Waals surface area contributed by atoms with Crippen molar-refractivity contribution in [1.82, 2.24) is 9.36 Å². The van der Waals surface area contributed by atoms with Crippen LogP contribution in [0.1, 0.15) is 33.2 Å². The SMILES string of the molecule is CCCOC(=O)n1c(N)c(-c2ccccc2Cl)c(=O)n1C(C)C. The number of nitrogen functional groups attached to an aromatic ring is 1. The minimum absolute atomic E-state index is 0.0258. The van der Waals surface area contributed by atoms with E-state index in [9.17, 15) is 9.59 Å². The molecule has 1 aromatic carbocycles. The normalized spacial score (nSPS) is 11.0. The summed E-state index contributed by atoms with van der Waals surface area (Å²) in [6.07, 6.45) is 0.00405. The maximum Gasteiger partial charge on any atom is 0.435 e. The van der Waals surface area contributed by atoms with Crippen molar-refractivity contribution in [3.63, 3.8) is 0 Å². The highest BCUT2D eigenvalue weighted by Gasteiger charge is 2.26. The van der Waals surface area contributed by atoms with Crippen LogP contribution in [0.3, 0.4) is 0 Å². The summed E-state index contributed by atoms with van der Waals surface area (Å²) in [7, 11) is 0. The second kappa shape index (κ2) is 6.91. The Morgan fingerprint density at radius 1 is 1.35 bits per heavy atom. The van der Waals surface area contributed by atoms with Crippen LogP contribution < -0.4 is 11.3 Å². The molecule has 2 N–H and O–H groups in total. The summed E-state index contributed by atoms with van der Waals surface area (Å²) in [5, 5.41) is 0.395. The summed E-state index contributed by atoms with van der Waals surface area (Å²) in [5.41, 5.74) is 6.42. The molecule has 2 aromatic rings. The molecule has 1 heterocycles. The topological polar surface area (TPSA) is 79.2 Å². The first kappa shape index (κ1) is 17.1. The number of nitrogens with two attached hydrogens (primary N) is 1. The maximum absolute atomic E-state index is 12.8. The summed E-state index contributed by atoms with van der Waals surface area (Å²) < 4.78 is 7.50. The smallest absolute Gasteiger partial charge is 0.435 e. The van der Waals surface area contributed by atoms with Crippen molar-refractivity contribution in [2.45, 2.75) is 33.2 Å². The van der Waals surface area contributed by atoms with Gasteiger partial charge in [-0.1, -0.05) is 36.7 Å². The molecule has 0 saturated carbocycles. The first-order chi connectivity index (χ1) is 10.9. The molecular formula is C16H20ClN3O3. The fourth-order valence-electron chi connectivity index (χ4n) is 2.36. The zero-order valence-electron chi connectivity index (χ0n) is 13.4. The van der Waals surface area contributed by atoms with E-state index in [-0.39, 0.29) is 29.6 Å². The van der Waals surface area contributed by atoms with Crippen LogP contribution in [0.5, 0.6) is 0 Å². The minimum atomic E-state index is -0.673. The fraction of sp³-hybridized carbons (Fsp3) is 0.375. The molecule has 0 saturated heterocycles. The Morgan fingerprint density at radius 2 is 2.00 bits per heavy atom. The van der Waals surface area contributed by atoms with Gasteiger partial charge in [0.25, 0.3) is 5.56 Å². The number of halogens is 1. The molecular weight excluding hydrogens is 318 g/mol. The molecule has 0 aliphatic rings. The third-order valence-corrected chi connectivity index (χ3v) is 3.69. The first-order valence-corrected chi connectivity index (χ1v) is 7.82. The van der Waals surface area contributed by atoms with Gasteiger partial charge in [-0.3, -0.25) is 4.79 Å². The number of carbonyl (C=O) groups excluding carboxylic acids is 1. The predicted octanol–water partition coefficient (Wildman–Crippen LogP) is 3.53. The zero-order valence-corrected chi connectivity index (χ0v) is 14.1. The van der Waals surface area contributed by atoms with Gasteiger partial charge in [-0.2, -0.15) is 4.68 Å². The van der Waals surface area contributed by atoms with E-state index in [1.165, 1.54) is 4.68 Å². The lowest BCUT2D eigenvalue weighted by molar-refractivity contribution is 0.139. The number of ether oxygens (including phenoxy) is 1. The van der Waals surface area contributed by atoms with Gasteiger partial charge in [0.05, 0.1) is 12.2 Å². The number of benzene rings is 1. The van der Waals surface area contributed by atoms with Gasteiger partial charge in [0.2, 0.25) is 0 Å². The van der Waals surface area contributed by atoms with Crippen LogP contribution in [0.15, 0.2) is 29.1 Å². The molecule has 1 aromatic heterocycles. The zero-order chi connectivity index (χ0) is 17.1. The molecule has 0 aliphatic carbocycles. The molecule has 124 valence electrons. The summed E-state index contributed by atoms with van der Waals surface area (Å²) >= 11 is 6.18. The molecule has 0 fully saturated rings. The highest BCUT2D eigenvalue weighted by atomic mass is 35.5. The van der Waals surface area contributed by atoms with Gasteiger partial charge < -0.3 is 10.5 Å². The highest BCUT2D eigenvalue weighted by Crippen LogP contribution is 2.30. The van der Waals surface area contributed by atoms with E-state index in [1.54, 1.807) is 38.1 Å². The number of rotatable bonds is 4. The third-order valence-electron chi connectivity index (χ3n) is 3.36. The Bertz CT molecular complexity index is 777. The Kier molecular flexibility index (Phi) is 5.15. The number of carbonyl (C=O) groups is 1. The lowest BCUT2D eigenvalue weighted by atomic mass is 10.1. The molecule has 2 rings (SSSR count). The van der Waals surface area contributed by atoms with E-state index in [1.807, 2.05) is 6.92 Å². The Labute approximate surface area is 139 Å². The third kappa shape index (κ3) is 3.12. The monoisotopic (exact) mass is 337 g/mol. The van der Waals surface area contributed by atoms with Crippen molar-refractivity contribution < 1.29 is 9.53 Å². The Balaban J connectivity index is 2.70. The van der Waals surface area contributed by atoms with E-state index in [0.29, 0.717) is 17.0 Å². The van der Waals surface area contributed by atoms with Crippen LogP contribution in [0.25, 0.3) is 11.1 Å². The molecule has 0 radical (unpaired) electrons. The van der Waals surface area contributed by atoms with Crippen LogP contribution >= 0.6 is 11.6 Å². The van der Waals surface area contributed by atoms with Gasteiger partial charge in [-0.15, -0.1) is 0 Å². The van der Waals surface area contributed by atoms with Crippen LogP contribution in [0.2, 0.25) is 5.02 Å². The van der Waals surface area contributed by atoms with Crippen molar-refractivity contribution in [1.29, 1.82) is 0 Å². The molecule has 6 nitrogen and oxygen atoms in total. The van der Waals surface area contributed by atoms with Gasteiger partial charge >= 0.3 is 6.09 Å². The van der Waals surface area contributed by atoms with E-state index in [2.05, 4.69) is 0 Å². The van der Waals surface area contributed by atoms with Gasteiger partial charge in [0, 0.05) is 16.6 Å². The van der Waals surface area contributed by atoms with Crippen LogP contribution in [0.4, 0.5) is 10.6 Å². The Hall–Kier alpha value is -2.21. The molecule has 7 heteroatoms. The molecule has 0 bridgehead atoms. The molecule has 0 aliphatic heterocycles. The second-order valence-corrected chi connectivity index (χ2v) is 5.82. The summed E-state index contributed by atoms with van der Waals surface area (Å²) in [5.74, 6) is 0.0258. The molecule has 0 unspecified atom stereocenters. The van der Waals surface area contributed by atoms with Gasteiger partial charge in [-0.25, -0.2) is 9.48 Å². The average molecular weight is 338 g/mol. The minimum Gasteiger partial charge on any atom is -0.448 e. The number of hydrogen-bond donors (Lipinski definition) is 1. The van der Waals surface area contributed by atoms with Crippen molar-refractivity contribution >= 4 is 23.5 Å². The lowest BCUT2D eigenvalue weighted by Gasteiger charge is -2.14. The first-order valence-electron chi connectivity index (χ1n) is 7.45. The lowest BCUT2D eigenvalue weighted by Crippen LogP contribution is -2.30. The highest BCUT2D eigenvalue weighted by molar-refractivity contribution is 6.33. The van der Waals surface area contributed by atoms with Crippen LogP contribution in [0, 0.1) is 0 Å². The van der Waals surface area contributed by atoms with Gasteiger partial charge in [0.15, 0.2) is 0 Å². The van der Waals surface area contributed by atoms with E-state index < -0.39 is 6.09 Å². The van der Waals surface area contributed by atoms with Crippen molar-refractivity contribution in [3.8, 4) is 11.1 Å². The number of nitrogens with zero attached hydrogens (tertiary/aromatic N) is 2. The fourth-order valence-corrected chi connectivity index (χ4v) is 2.59. The van der Waals surface area contributed by atoms with Crippen molar-refractivity contribution in [3.05, 3.63) is 39.6 Å². The summed E-state index contributed by atoms with van der Waals surface area (Å²) in [6.45, 7) is 5.73. The van der Waals surface area contributed by atoms with Gasteiger partial charge in [-0.05, 0) is 26.3 Å². The van der Waals surface area contributed by atoms with Crippen LogP contribution in [-0.2, 0) is 4.74 Å². The largest absolute Gasteiger partial charge is 0.448 e. The van der Waals surface area contributed by atoms with Crippen molar-refractivity contribution in [2.24, 2.45) is 0 Å². The average Bonchev–Trinajstić information content (AvgIpc) is 2.77. The molecule has 0 atom stereocenters. The van der Waals surface area contributed by atoms with E-state index >= 15 is 0 Å². The molecule has 0 spiro atoms. The Morgan fingerprint density at radius 3 is 2.57 bits per heavy atom. The predicted molar refractivity (Wildman–Crippen MR) is 91.0 cm³/mol. The van der Waals surface area contributed by atoms with Crippen molar-refractivity contribution in [2.75, 3.05) is 12.3 Å². The standard InChI is InChI=1S/C16H20ClN3O3/c1-4-9-23-16(22)20-14(18)13(15(21)19(20)10(2)3)11-7-5-6-8-12(11)17/h5-8,10H,4,9,18H2,1-3H3. The van der Waals surface area contributed by atoms with Crippen LogP contribution in [-0.4, -0.2) is 22.1 Å². The van der Waals surface area contributed by atoms with E-state index in [4.69, 9.17) is 22.1 Å². The van der Waals surface area contributed by atoms with Gasteiger partial charge in [0.1, 0.15) is 5.82 Å². The summed E-state index contributed by atoms with van der Waals surface area (Å²) in [6, 6.07) is 6.61.